The minimum atomic E-state index is -3.94. The molecule has 1 amide bonds. The summed E-state index contributed by atoms with van der Waals surface area (Å²) in [6, 6.07) is 14.8. The minimum Gasteiger partial charge on any atom is -0.497 e. The second-order valence-electron chi connectivity index (χ2n) is 11.6. The van der Waals surface area contributed by atoms with Crippen molar-refractivity contribution in [2.75, 3.05) is 33.4 Å². The Morgan fingerprint density at radius 3 is 2.44 bits per heavy atom. The van der Waals surface area contributed by atoms with Crippen LogP contribution in [0.15, 0.2) is 59.5 Å². The van der Waals surface area contributed by atoms with Gasteiger partial charge < -0.3 is 29.4 Å². The molecule has 2 aromatic carbocycles. The number of benzene rings is 2. The number of hydrogen-bond donors (Lipinski definition) is 2. The second kappa shape index (κ2) is 12.7. The largest absolute Gasteiger partial charge is 0.497 e. The van der Waals surface area contributed by atoms with Crippen LogP contribution in [0.4, 0.5) is 4.79 Å². The van der Waals surface area contributed by atoms with E-state index < -0.39 is 28.3 Å². The molecule has 2 aliphatic heterocycles. The fourth-order valence-electron chi connectivity index (χ4n) is 6.22. The Bertz CT molecular complexity index is 1270. The van der Waals surface area contributed by atoms with E-state index in [1.807, 2.05) is 44.2 Å². The first-order valence-electron chi connectivity index (χ1n) is 14.2. The van der Waals surface area contributed by atoms with Crippen LogP contribution in [0.1, 0.15) is 25.8 Å². The predicted octanol–water partition coefficient (Wildman–Crippen LogP) is 3.05. The Morgan fingerprint density at radius 2 is 1.76 bits per heavy atom. The van der Waals surface area contributed by atoms with Gasteiger partial charge in [-0.3, -0.25) is 0 Å². The van der Waals surface area contributed by atoms with Crippen LogP contribution in [0.3, 0.4) is 0 Å². The average Bonchev–Trinajstić information content (AvgIpc) is 3.49. The number of amides is 1. The molecule has 1 saturated carbocycles. The summed E-state index contributed by atoms with van der Waals surface area (Å²) in [5.74, 6) is 0.978. The van der Waals surface area contributed by atoms with Crippen LogP contribution in [0.5, 0.6) is 5.75 Å². The molecule has 2 bridgehead atoms. The Morgan fingerprint density at radius 1 is 1.05 bits per heavy atom. The highest BCUT2D eigenvalue weighted by Gasteiger charge is 2.56. The number of aliphatic hydroxyl groups is 1. The third-order valence-corrected chi connectivity index (χ3v) is 10.1. The monoisotopic (exact) mass is 588 g/mol. The van der Waals surface area contributed by atoms with Gasteiger partial charge in [0, 0.05) is 30.8 Å². The van der Waals surface area contributed by atoms with Gasteiger partial charge in [-0.1, -0.05) is 44.2 Å². The number of rotatable bonds is 12. The van der Waals surface area contributed by atoms with Crippen LogP contribution in [-0.2, 0) is 30.7 Å². The fourth-order valence-corrected chi connectivity index (χ4v) is 7.84. The molecule has 3 unspecified atom stereocenters. The van der Waals surface area contributed by atoms with E-state index in [-0.39, 0.29) is 54.1 Å². The number of fused-ring (bicyclic) bond motifs is 1. The molecule has 7 atom stereocenters. The summed E-state index contributed by atoms with van der Waals surface area (Å²) in [4.78, 5) is 13.3. The number of hydrogen-bond acceptors (Lipinski definition) is 8. The van der Waals surface area contributed by atoms with E-state index in [9.17, 15) is 18.3 Å². The molecule has 0 aromatic heterocycles. The van der Waals surface area contributed by atoms with Gasteiger partial charge in [0.15, 0.2) is 6.29 Å². The Kier molecular flexibility index (Phi) is 9.20. The molecule has 41 heavy (non-hydrogen) atoms. The Labute approximate surface area is 242 Å². The third-order valence-electron chi connectivity index (χ3n) is 8.25. The number of nitrogens with one attached hydrogen (secondary N) is 1. The van der Waals surface area contributed by atoms with E-state index in [1.54, 1.807) is 12.1 Å². The summed E-state index contributed by atoms with van der Waals surface area (Å²) in [6.07, 6.45) is -1.20. The quantitative estimate of drug-likeness (QED) is 0.388. The number of aliphatic hydroxyl groups excluding tert-OH is 1. The topological polar surface area (TPSA) is 124 Å². The van der Waals surface area contributed by atoms with Crippen molar-refractivity contribution in [2.24, 2.45) is 23.7 Å². The lowest BCUT2D eigenvalue weighted by molar-refractivity contribution is -0.169. The minimum absolute atomic E-state index is 0.00196. The van der Waals surface area contributed by atoms with E-state index >= 15 is 0 Å². The van der Waals surface area contributed by atoms with Crippen molar-refractivity contribution in [3.05, 3.63) is 60.2 Å². The summed E-state index contributed by atoms with van der Waals surface area (Å²) in [5, 5.41) is 14.3. The van der Waals surface area contributed by atoms with Crippen LogP contribution in [0.2, 0.25) is 0 Å². The number of ether oxygens (including phenoxy) is 4. The summed E-state index contributed by atoms with van der Waals surface area (Å²) in [7, 11) is -2.43. The standard InChI is InChI=1S/C30H40N2O8S/c1-19(2)15-32(41(35,36)23-11-9-22(37-3)10-12-23)16-27(33)26(13-20-7-5-4-6-8-20)31-30(34)40-28-21-14-24-25(28)18-39-29(24)38-17-21/h4-12,19,21,24-29,33H,13-18H2,1-3H3,(H,31,34)/t21?,24?,25?,26-,27+,28-,29-/m0/s1. The molecule has 0 radical (unpaired) electrons. The van der Waals surface area contributed by atoms with Crippen molar-refractivity contribution in [3.63, 3.8) is 0 Å². The van der Waals surface area contributed by atoms with Crippen molar-refractivity contribution in [3.8, 4) is 5.75 Å². The lowest BCUT2D eigenvalue weighted by Gasteiger charge is -2.31. The number of nitrogens with zero attached hydrogens (tertiary/aromatic N) is 1. The Hall–Kier alpha value is -2.70. The number of alkyl carbamates (subject to hydrolysis) is 1. The number of carbonyl (C=O) groups is 1. The zero-order valence-corrected chi connectivity index (χ0v) is 24.5. The van der Waals surface area contributed by atoms with E-state index in [0.717, 1.165) is 12.0 Å². The molecule has 0 spiro atoms. The van der Waals surface area contributed by atoms with E-state index in [4.69, 9.17) is 18.9 Å². The van der Waals surface area contributed by atoms with Gasteiger partial charge in [0.2, 0.25) is 10.0 Å². The van der Waals surface area contributed by atoms with Crippen LogP contribution in [0.25, 0.3) is 0 Å². The van der Waals surface area contributed by atoms with Crippen molar-refractivity contribution < 1.29 is 37.3 Å². The molecule has 2 aromatic rings. The molecule has 5 rings (SSSR count). The van der Waals surface area contributed by atoms with Crippen LogP contribution < -0.4 is 10.1 Å². The van der Waals surface area contributed by atoms with E-state index in [2.05, 4.69) is 5.32 Å². The fraction of sp³-hybridized carbons (Fsp3) is 0.567. The highest BCUT2D eigenvalue weighted by molar-refractivity contribution is 7.89. The first-order valence-corrected chi connectivity index (χ1v) is 15.7. The Balaban J connectivity index is 1.33. The second-order valence-corrected chi connectivity index (χ2v) is 13.6. The smallest absolute Gasteiger partial charge is 0.407 e. The summed E-state index contributed by atoms with van der Waals surface area (Å²) >= 11 is 0. The molecule has 2 saturated heterocycles. The van der Waals surface area contributed by atoms with Gasteiger partial charge in [-0.05, 0) is 48.6 Å². The van der Waals surface area contributed by atoms with Crippen molar-refractivity contribution in [1.82, 2.24) is 9.62 Å². The van der Waals surface area contributed by atoms with Gasteiger partial charge in [-0.2, -0.15) is 4.31 Å². The van der Waals surface area contributed by atoms with Crippen LogP contribution in [-0.4, -0.2) is 81.9 Å². The van der Waals surface area contributed by atoms with E-state index in [1.165, 1.54) is 23.5 Å². The number of carbonyl (C=O) groups excluding carboxylic acids is 1. The third kappa shape index (κ3) is 6.70. The average molecular weight is 589 g/mol. The molecule has 2 heterocycles. The normalized spacial score (nSPS) is 26.6. The van der Waals surface area contributed by atoms with Gasteiger partial charge in [0.25, 0.3) is 0 Å². The summed E-state index contributed by atoms with van der Waals surface area (Å²) < 4.78 is 51.2. The van der Waals surface area contributed by atoms with Gasteiger partial charge in [0.1, 0.15) is 11.9 Å². The number of methoxy groups -OCH3 is 1. The maximum absolute atomic E-state index is 13.7. The lowest BCUT2D eigenvalue weighted by Crippen LogP contribution is -2.52. The molecule has 10 nitrogen and oxygen atoms in total. The molecular weight excluding hydrogens is 548 g/mol. The summed E-state index contributed by atoms with van der Waals surface area (Å²) in [6.45, 7) is 4.80. The summed E-state index contributed by atoms with van der Waals surface area (Å²) in [5.41, 5.74) is 0.891. The molecule has 3 fully saturated rings. The van der Waals surface area contributed by atoms with Gasteiger partial charge in [-0.25, -0.2) is 13.2 Å². The zero-order chi connectivity index (χ0) is 29.1. The zero-order valence-electron chi connectivity index (χ0n) is 23.7. The van der Waals surface area contributed by atoms with Gasteiger partial charge in [-0.15, -0.1) is 0 Å². The SMILES string of the molecule is COc1ccc(S(=O)(=O)N(CC(C)C)C[C@@H](O)[C@H](Cc2ccccc2)NC(=O)O[C@H]2C3CO[C@H]4OCC2C4C3)cc1. The van der Waals surface area contributed by atoms with Crippen LogP contribution in [0, 0.1) is 23.7 Å². The predicted molar refractivity (Wildman–Crippen MR) is 151 cm³/mol. The van der Waals surface area contributed by atoms with E-state index in [0.29, 0.717) is 25.4 Å². The highest BCUT2D eigenvalue weighted by atomic mass is 32.2. The van der Waals surface area contributed by atoms with Gasteiger partial charge in [0.05, 0.1) is 37.4 Å². The van der Waals surface area contributed by atoms with Crippen molar-refractivity contribution >= 4 is 16.1 Å². The molecule has 224 valence electrons. The van der Waals surface area contributed by atoms with Crippen molar-refractivity contribution in [1.29, 1.82) is 0 Å². The maximum Gasteiger partial charge on any atom is 0.407 e. The molecule has 2 N–H and O–H groups in total. The first-order chi connectivity index (χ1) is 19.7. The van der Waals surface area contributed by atoms with Crippen molar-refractivity contribution in [2.45, 2.75) is 56.1 Å². The van der Waals surface area contributed by atoms with Crippen LogP contribution >= 0.6 is 0 Å². The lowest BCUT2D eigenvalue weighted by atomic mass is 9.98. The van der Waals surface area contributed by atoms with Gasteiger partial charge >= 0.3 is 6.09 Å². The highest BCUT2D eigenvalue weighted by Crippen LogP contribution is 2.49. The molecule has 1 aliphatic carbocycles. The first kappa shape index (κ1) is 29.8. The molecule has 11 heteroatoms. The molecule has 3 aliphatic rings. The molecular formula is C30H40N2O8S. The number of sulfonamides is 1. The maximum atomic E-state index is 13.7.